The maximum atomic E-state index is 13.5. The predicted octanol–water partition coefficient (Wildman–Crippen LogP) is 4.59. The number of alkyl halides is 5. The topological polar surface area (TPSA) is 82.3 Å². The predicted molar refractivity (Wildman–Crippen MR) is 103 cm³/mol. The third-order valence-corrected chi connectivity index (χ3v) is 6.56. The summed E-state index contributed by atoms with van der Waals surface area (Å²) in [6.45, 7) is 1.52. The number of carbonyl (C=O) groups excluding carboxylic acids is 1. The van der Waals surface area contributed by atoms with Gasteiger partial charge in [-0.15, -0.1) is 0 Å². The van der Waals surface area contributed by atoms with Crippen molar-refractivity contribution >= 4 is 33.2 Å². The Morgan fingerprint density at radius 2 is 1.87 bits per heavy atom. The highest BCUT2D eigenvalue weighted by Gasteiger charge is 2.43. The summed E-state index contributed by atoms with van der Waals surface area (Å²) in [7, 11) is -4.71. The lowest BCUT2D eigenvalue weighted by molar-refractivity contribution is -0.136. The van der Waals surface area contributed by atoms with Gasteiger partial charge in [0.15, 0.2) is 0 Å². The molecule has 1 saturated heterocycles. The van der Waals surface area contributed by atoms with Gasteiger partial charge in [0.25, 0.3) is 21.9 Å². The van der Waals surface area contributed by atoms with Crippen molar-refractivity contribution in [2.24, 2.45) is 0 Å². The van der Waals surface area contributed by atoms with Crippen LogP contribution in [0.5, 0.6) is 0 Å². The number of anilines is 1. The van der Waals surface area contributed by atoms with E-state index in [9.17, 15) is 35.2 Å². The fourth-order valence-electron chi connectivity index (χ4n) is 3.45. The number of halogens is 6. The van der Waals surface area contributed by atoms with Crippen LogP contribution in [0.15, 0.2) is 23.1 Å². The zero-order valence-corrected chi connectivity index (χ0v) is 17.8. The minimum absolute atomic E-state index is 0.0261. The maximum Gasteiger partial charge on any atom is 0.418 e. The molecule has 31 heavy (non-hydrogen) atoms. The number of benzene rings is 1. The molecule has 1 aromatic heterocycles. The fourth-order valence-corrected chi connectivity index (χ4v) is 5.16. The number of hydrogen-bond acceptors (Lipinski definition) is 3. The number of H-pyrrole nitrogens is 1. The Labute approximate surface area is 179 Å². The third kappa shape index (κ3) is 4.64. The first-order valence-corrected chi connectivity index (χ1v) is 10.7. The van der Waals surface area contributed by atoms with Crippen molar-refractivity contribution in [3.05, 3.63) is 45.7 Å². The molecule has 0 spiro atoms. The number of rotatable bonds is 4. The Kier molecular flexibility index (Phi) is 5.76. The van der Waals surface area contributed by atoms with Crippen LogP contribution in [0.3, 0.4) is 0 Å². The first-order valence-electron chi connectivity index (χ1n) is 8.88. The summed E-state index contributed by atoms with van der Waals surface area (Å²) < 4.78 is 95.0. The van der Waals surface area contributed by atoms with Crippen molar-refractivity contribution in [2.45, 2.75) is 37.3 Å². The highest BCUT2D eigenvalue weighted by atomic mass is 35.5. The Morgan fingerprint density at radius 1 is 1.23 bits per heavy atom. The lowest BCUT2D eigenvalue weighted by atomic mass is 10.2. The van der Waals surface area contributed by atoms with Gasteiger partial charge < -0.3 is 9.88 Å². The molecule has 2 heterocycles. The van der Waals surface area contributed by atoms with Crippen LogP contribution in [0.4, 0.5) is 27.6 Å². The Hall–Kier alpha value is -2.34. The number of sulfonamides is 1. The van der Waals surface area contributed by atoms with Crippen LogP contribution in [-0.2, 0) is 16.2 Å². The number of nitrogens with zero attached hydrogens (tertiary/aromatic N) is 1. The van der Waals surface area contributed by atoms with Crippen molar-refractivity contribution in [3.63, 3.8) is 0 Å². The van der Waals surface area contributed by atoms with Gasteiger partial charge in [0, 0.05) is 29.4 Å². The summed E-state index contributed by atoms with van der Waals surface area (Å²) in [5, 5.41) is -0.255. The summed E-state index contributed by atoms with van der Waals surface area (Å²) in [4.78, 5) is 15.7. The number of hydrogen-bond donors (Lipinski definition) is 2. The average molecular weight is 486 g/mol. The van der Waals surface area contributed by atoms with E-state index in [2.05, 4.69) is 4.98 Å². The first kappa shape index (κ1) is 23.3. The van der Waals surface area contributed by atoms with Crippen molar-refractivity contribution in [2.75, 3.05) is 17.8 Å². The lowest BCUT2D eigenvalue weighted by Gasteiger charge is -2.19. The molecule has 0 aliphatic carbocycles. The quantitative estimate of drug-likeness (QED) is 0.622. The molecule has 6 nitrogen and oxygen atoms in total. The van der Waals surface area contributed by atoms with E-state index in [0.29, 0.717) is 6.07 Å². The van der Waals surface area contributed by atoms with Gasteiger partial charge in [-0.1, -0.05) is 11.6 Å². The van der Waals surface area contributed by atoms with E-state index in [1.165, 1.54) is 13.8 Å². The highest BCUT2D eigenvalue weighted by Crippen LogP contribution is 2.38. The van der Waals surface area contributed by atoms with E-state index in [1.807, 2.05) is 4.72 Å². The summed E-state index contributed by atoms with van der Waals surface area (Å²) in [5.41, 5.74) is -2.45. The molecule has 3 rings (SSSR count). The second-order valence-corrected chi connectivity index (χ2v) is 9.26. The largest absolute Gasteiger partial charge is 0.418 e. The Balaban J connectivity index is 2.05. The molecule has 1 fully saturated rings. The molecule has 0 atom stereocenters. The minimum atomic E-state index is -4.91. The van der Waals surface area contributed by atoms with E-state index in [0.717, 1.165) is 17.0 Å². The molecule has 170 valence electrons. The van der Waals surface area contributed by atoms with Crippen molar-refractivity contribution < 1.29 is 35.2 Å². The van der Waals surface area contributed by atoms with Gasteiger partial charge in [-0.3, -0.25) is 9.52 Å². The molecule has 1 aromatic carbocycles. The van der Waals surface area contributed by atoms with Crippen LogP contribution in [0.2, 0.25) is 5.02 Å². The van der Waals surface area contributed by atoms with Gasteiger partial charge >= 0.3 is 6.18 Å². The van der Waals surface area contributed by atoms with Gasteiger partial charge in [0.05, 0.1) is 23.4 Å². The van der Waals surface area contributed by atoms with Gasteiger partial charge in [-0.25, -0.2) is 17.2 Å². The summed E-state index contributed by atoms with van der Waals surface area (Å²) in [5.74, 6) is -4.05. The normalized spacial score (nSPS) is 16.6. The minimum Gasteiger partial charge on any atom is -0.361 e. The van der Waals surface area contributed by atoms with E-state index in [-0.39, 0.29) is 23.0 Å². The molecule has 0 radical (unpaired) electrons. The molecule has 1 aliphatic heterocycles. The molecule has 2 N–H and O–H groups in total. The lowest BCUT2D eigenvalue weighted by Crippen LogP contribution is -2.33. The average Bonchev–Trinajstić information content (AvgIpc) is 3.13. The smallest absolute Gasteiger partial charge is 0.361 e. The molecule has 13 heteroatoms. The van der Waals surface area contributed by atoms with E-state index in [4.69, 9.17) is 11.6 Å². The van der Waals surface area contributed by atoms with Gasteiger partial charge in [0.1, 0.15) is 4.90 Å². The Bertz CT molecular complexity index is 1150. The van der Waals surface area contributed by atoms with Crippen LogP contribution < -0.4 is 4.72 Å². The summed E-state index contributed by atoms with van der Waals surface area (Å²) >= 11 is 5.61. The van der Waals surface area contributed by atoms with Crippen molar-refractivity contribution in [1.82, 2.24) is 9.88 Å². The van der Waals surface area contributed by atoms with Crippen molar-refractivity contribution in [3.8, 4) is 0 Å². The summed E-state index contributed by atoms with van der Waals surface area (Å²) in [6, 6.07) is 2.48. The standard InChI is InChI=1S/C18H17ClF5N3O3S/c1-9-14(16(28)27-6-5-17(20,21)8-27)15(10(2)25-9)31(29,30)26-13-4-3-11(19)7-12(13)18(22,23)24/h3-4,7,25-26H,5-6,8H2,1-2H3. The second kappa shape index (κ2) is 7.66. The maximum absolute atomic E-state index is 13.5. The van der Waals surface area contributed by atoms with Crippen LogP contribution in [0, 0.1) is 13.8 Å². The zero-order valence-electron chi connectivity index (χ0n) is 16.2. The number of nitrogens with one attached hydrogen (secondary N) is 2. The number of likely N-dealkylation sites (tertiary alicyclic amines) is 1. The van der Waals surface area contributed by atoms with Gasteiger partial charge in [-0.05, 0) is 32.0 Å². The fraction of sp³-hybridized carbons (Fsp3) is 0.389. The van der Waals surface area contributed by atoms with Gasteiger partial charge in [-0.2, -0.15) is 13.2 Å². The number of aryl methyl sites for hydroxylation is 2. The Morgan fingerprint density at radius 3 is 2.42 bits per heavy atom. The van der Waals surface area contributed by atoms with E-state index < -0.39 is 62.7 Å². The zero-order chi connectivity index (χ0) is 23.4. The van der Waals surface area contributed by atoms with Crippen LogP contribution >= 0.6 is 11.6 Å². The van der Waals surface area contributed by atoms with Crippen molar-refractivity contribution in [1.29, 1.82) is 0 Å². The number of aromatic amines is 1. The monoisotopic (exact) mass is 485 g/mol. The van der Waals surface area contributed by atoms with Crippen LogP contribution in [0.25, 0.3) is 0 Å². The van der Waals surface area contributed by atoms with E-state index >= 15 is 0 Å². The van der Waals surface area contributed by atoms with Crippen LogP contribution in [-0.4, -0.2) is 43.2 Å². The number of carbonyl (C=O) groups is 1. The van der Waals surface area contributed by atoms with Gasteiger partial charge in [0.2, 0.25) is 0 Å². The number of aromatic nitrogens is 1. The molecule has 2 aromatic rings. The summed E-state index contributed by atoms with van der Waals surface area (Å²) in [6.07, 6.45) is -5.48. The molecule has 0 saturated carbocycles. The molecule has 1 amide bonds. The third-order valence-electron chi connectivity index (χ3n) is 4.79. The molecular weight excluding hydrogens is 469 g/mol. The molecule has 0 bridgehead atoms. The molecule has 0 unspecified atom stereocenters. The molecular formula is C18H17ClF5N3O3S. The first-order chi connectivity index (χ1) is 14.1. The second-order valence-electron chi connectivity index (χ2n) is 7.20. The van der Waals surface area contributed by atoms with Crippen LogP contribution in [0.1, 0.15) is 33.7 Å². The number of amides is 1. The molecule has 1 aliphatic rings. The SMILES string of the molecule is Cc1[nH]c(C)c(S(=O)(=O)Nc2ccc(Cl)cc2C(F)(F)F)c1C(=O)N1CCC(F)(F)C1. The van der Waals surface area contributed by atoms with E-state index in [1.54, 1.807) is 0 Å². The highest BCUT2D eigenvalue weighted by molar-refractivity contribution is 7.92.